The molecule has 1 aromatic rings. The molecule has 0 heterocycles. The molecule has 5 nitrogen and oxygen atoms in total. The van der Waals surface area contributed by atoms with E-state index in [1.54, 1.807) is 6.92 Å². The van der Waals surface area contributed by atoms with E-state index in [1.165, 1.54) is 6.42 Å². The summed E-state index contributed by atoms with van der Waals surface area (Å²) in [6.45, 7) is 3.75. The summed E-state index contributed by atoms with van der Waals surface area (Å²) >= 11 is 0. The Morgan fingerprint density at radius 3 is 2.36 bits per heavy atom. The van der Waals surface area contributed by atoms with Crippen LogP contribution in [-0.2, 0) is 4.79 Å². The number of hydrogen-bond acceptors (Lipinski definition) is 3. The molecule has 3 N–H and O–H groups in total. The van der Waals surface area contributed by atoms with Crippen LogP contribution < -0.4 is 16.0 Å². The Morgan fingerprint density at radius 2 is 1.73 bits per heavy atom. The quantitative estimate of drug-likeness (QED) is 0.801. The van der Waals surface area contributed by atoms with Crippen LogP contribution in [0.3, 0.4) is 0 Å². The van der Waals surface area contributed by atoms with Gasteiger partial charge in [-0.15, -0.1) is 0 Å². The van der Waals surface area contributed by atoms with Crippen LogP contribution in [0.2, 0.25) is 0 Å². The van der Waals surface area contributed by atoms with E-state index in [0.717, 1.165) is 36.9 Å². The number of aryl methyl sites for hydroxylation is 1. The molecule has 1 unspecified atom stereocenters. The zero-order valence-electron chi connectivity index (χ0n) is 13.3. The van der Waals surface area contributed by atoms with Crippen molar-refractivity contribution in [3.05, 3.63) is 29.8 Å². The summed E-state index contributed by atoms with van der Waals surface area (Å²) in [5, 5.41) is 8.37. The predicted molar refractivity (Wildman–Crippen MR) is 87.8 cm³/mol. The van der Waals surface area contributed by atoms with Gasteiger partial charge in [0, 0.05) is 11.7 Å². The Labute approximate surface area is 131 Å². The molecule has 1 saturated carbocycles. The van der Waals surface area contributed by atoms with Crippen molar-refractivity contribution in [3.63, 3.8) is 0 Å². The van der Waals surface area contributed by atoms with Crippen LogP contribution >= 0.6 is 0 Å². The number of benzene rings is 1. The highest BCUT2D eigenvalue weighted by Crippen LogP contribution is 2.17. The lowest BCUT2D eigenvalue weighted by molar-refractivity contribution is -0.120. The lowest BCUT2D eigenvalue weighted by Crippen LogP contribution is -2.49. The van der Waals surface area contributed by atoms with Gasteiger partial charge < -0.3 is 10.6 Å². The average molecular weight is 303 g/mol. The van der Waals surface area contributed by atoms with Gasteiger partial charge in [-0.3, -0.25) is 10.1 Å². The number of carbonyl (C=O) groups excluding carboxylic acids is 2. The fourth-order valence-electron chi connectivity index (χ4n) is 2.65. The van der Waals surface area contributed by atoms with Crippen molar-refractivity contribution in [2.24, 2.45) is 0 Å². The summed E-state index contributed by atoms with van der Waals surface area (Å²) in [4.78, 5) is 23.9. The first-order chi connectivity index (χ1) is 10.5. The van der Waals surface area contributed by atoms with Crippen LogP contribution in [-0.4, -0.2) is 24.0 Å². The molecule has 0 saturated heterocycles. The molecule has 0 aromatic heterocycles. The molecule has 1 atom stereocenters. The molecule has 0 aliphatic heterocycles. The zero-order valence-corrected chi connectivity index (χ0v) is 13.3. The Bertz CT molecular complexity index is 507. The van der Waals surface area contributed by atoms with Crippen LogP contribution in [0.25, 0.3) is 0 Å². The monoisotopic (exact) mass is 303 g/mol. The average Bonchev–Trinajstić information content (AvgIpc) is 2.50. The molecule has 1 fully saturated rings. The van der Waals surface area contributed by atoms with Gasteiger partial charge in [0.1, 0.15) is 6.04 Å². The summed E-state index contributed by atoms with van der Waals surface area (Å²) in [5.74, 6) is -0.325. The number of urea groups is 1. The molecule has 0 radical (unpaired) electrons. The van der Waals surface area contributed by atoms with E-state index in [1.807, 2.05) is 31.2 Å². The van der Waals surface area contributed by atoms with Crippen molar-refractivity contribution in [3.8, 4) is 0 Å². The van der Waals surface area contributed by atoms with Crippen molar-refractivity contribution in [2.45, 2.75) is 58.0 Å². The third-order valence-electron chi connectivity index (χ3n) is 4.01. The Morgan fingerprint density at radius 1 is 1.09 bits per heavy atom. The number of anilines is 1. The van der Waals surface area contributed by atoms with Gasteiger partial charge >= 0.3 is 6.03 Å². The Balaban J connectivity index is 1.77. The molecule has 22 heavy (non-hydrogen) atoms. The van der Waals surface area contributed by atoms with Crippen LogP contribution in [0, 0.1) is 6.92 Å². The molecular formula is C17H25N3O2. The molecule has 3 amide bonds. The third kappa shape index (κ3) is 5.06. The topological polar surface area (TPSA) is 70.2 Å². The summed E-state index contributed by atoms with van der Waals surface area (Å²) in [5.41, 5.74) is 2.02. The fourth-order valence-corrected chi connectivity index (χ4v) is 2.65. The van der Waals surface area contributed by atoms with Crippen LogP contribution in [0.5, 0.6) is 0 Å². The minimum atomic E-state index is -0.472. The highest BCUT2D eigenvalue weighted by Gasteiger charge is 2.19. The van der Waals surface area contributed by atoms with E-state index in [4.69, 9.17) is 0 Å². The smallest absolute Gasteiger partial charge is 0.321 e. The lowest BCUT2D eigenvalue weighted by atomic mass is 9.96. The largest absolute Gasteiger partial charge is 0.374 e. The number of nitrogens with one attached hydrogen (secondary N) is 3. The second-order valence-corrected chi connectivity index (χ2v) is 6.03. The summed E-state index contributed by atoms with van der Waals surface area (Å²) in [7, 11) is 0. The summed E-state index contributed by atoms with van der Waals surface area (Å²) in [6, 6.07) is 7.12. The molecule has 0 bridgehead atoms. The van der Waals surface area contributed by atoms with Crippen molar-refractivity contribution in [1.82, 2.24) is 10.6 Å². The van der Waals surface area contributed by atoms with Gasteiger partial charge in [0.25, 0.3) is 0 Å². The molecular weight excluding hydrogens is 278 g/mol. The van der Waals surface area contributed by atoms with Crippen LogP contribution in [0.1, 0.15) is 44.6 Å². The predicted octanol–water partition coefficient (Wildman–Crippen LogP) is 2.95. The normalized spacial score (nSPS) is 16.6. The number of carbonyl (C=O) groups is 2. The van der Waals surface area contributed by atoms with E-state index >= 15 is 0 Å². The van der Waals surface area contributed by atoms with E-state index in [9.17, 15) is 9.59 Å². The fraction of sp³-hybridized carbons (Fsp3) is 0.529. The van der Waals surface area contributed by atoms with Crippen LogP contribution in [0.4, 0.5) is 10.5 Å². The summed E-state index contributed by atoms with van der Waals surface area (Å²) < 4.78 is 0. The Kier molecular flexibility index (Phi) is 5.81. The minimum absolute atomic E-state index is 0.196. The van der Waals surface area contributed by atoms with Gasteiger partial charge in [-0.25, -0.2) is 4.79 Å². The van der Waals surface area contributed by atoms with Gasteiger partial charge in [0.05, 0.1) is 0 Å². The van der Waals surface area contributed by atoms with Gasteiger partial charge in [-0.2, -0.15) is 0 Å². The molecule has 1 aliphatic rings. The maximum absolute atomic E-state index is 12.0. The van der Waals surface area contributed by atoms with E-state index in [0.29, 0.717) is 0 Å². The molecule has 5 heteroatoms. The number of imide groups is 1. The standard InChI is InChI=1S/C17H25N3O2/c1-12-8-10-15(11-9-12)18-13(2)16(21)20-17(22)19-14-6-4-3-5-7-14/h8-11,13-14,18H,3-7H2,1-2H3,(H2,19,20,21,22). The maximum atomic E-state index is 12.0. The first-order valence-corrected chi connectivity index (χ1v) is 7.99. The number of rotatable bonds is 4. The first kappa shape index (κ1) is 16.3. The molecule has 120 valence electrons. The second kappa shape index (κ2) is 7.82. The van der Waals surface area contributed by atoms with Crippen molar-refractivity contribution < 1.29 is 9.59 Å². The van der Waals surface area contributed by atoms with E-state index in [2.05, 4.69) is 16.0 Å². The minimum Gasteiger partial charge on any atom is -0.374 e. The van der Waals surface area contributed by atoms with Crippen LogP contribution in [0.15, 0.2) is 24.3 Å². The molecule has 1 aromatic carbocycles. The van der Waals surface area contributed by atoms with E-state index in [-0.39, 0.29) is 11.9 Å². The first-order valence-electron chi connectivity index (χ1n) is 7.99. The number of hydrogen-bond donors (Lipinski definition) is 3. The number of amides is 3. The van der Waals surface area contributed by atoms with E-state index < -0.39 is 12.1 Å². The molecule has 0 spiro atoms. The van der Waals surface area contributed by atoms with Gasteiger partial charge in [-0.1, -0.05) is 37.0 Å². The SMILES string of the molecule is Cc1ccc(NC(C)C(=O)NC(=O)NC2CCCCC2)cc1. The van der Waals surface area contributed by atoms with Crippen molar-refractivity contribution in [2.75, 3.05) is 5.32 Å². The third-order valence-corrected chi connectivity index (χ3v) is 4.01. The van der Waals surface area contributed by atoms with Gasteiger partial charge in [0.2, 0.25) is 5.91 Å². The second-order valence-electron chi connectivity index (χ2n) is 6.03. The molecule has 1 aliphatic carbocycles. The Hall–Kier alpha value is -2.04. The highest BCUT2D eigenvalue weighted by molar-refractivity contribution is 5.98. The van der Waals surface area contributed by atoms with Gasteiger partial charge in [-0.05, 0) is 38.8 Å². The molecule has 2 rings (SSSR count). The highest BCUT2D eigenvalue weighted by atomic mass is 16.2. The lowest BCUT2D eigenvalue weighted by Gasteiger charge is -2.23. The summed E-state index contributed by atoms with van der Waals surface area (Å²) in [6.07, 6.45) is 5.52. The van der Waals surface area contributed by atoms with Gasteiger partial charge in [0.15, 0.2) is 0 Å². The van der Waals surface area contributed by atoms with Crippen molar-refractivity contribution in [1.29, 1.82) is 0 Å². The maximum Gasteiger partial charge on any atom is 0.321 e. The van der Waals surface area contributed by atoms with Crippen molar-refractivity contribution >= 4 is 17.6 Å². The zero-order chi connectivity index (χ0) is 15.9.